The maximum Gasteiger partial charge on any atom is 0.270 e. The zero-order chi connectivity index (χ0) is 21.5. The zero-order valence-electron chi connectivity index (χ0n) is 16.5. The number of amides is 1. The Balaban J connectivity index is 1.62. The van der Waals surface area contributed by atoms with Crippen molar-refractivity contribution in [3.8, 4) is 11.4 Å². The number of nitrogens with one attached hydrogen (secondary N) is 1. The van der Waals surface area contributed by atoms with Crippen LogP contribution in [0, 0.1) is 10.1 Å². The fraction of sp³-hybridized carbons (Fsp3) is 0.200. The molecule has 1 N–H and O–H groups in total. The average Bonchev–Trinajstić information content (AvgIpc) is 3.19. The molecule has 10 heteroatoms. The first-order valence-electron chi connectivity index (χ1n) is 9.19. The fourth-order valence-corrected chi connectivity index (χ4v) is 3.49. The summed E-state index contributed by atoms with van der Waals surface area (Å²) in [4.78, 5) is 22.6. The van der Waals surface area contributed by atoms with Gasteiger partial charge in [-0.05, 0) is 13.8 Å². The average molecular weight is 424 g/mol. The van der Waals surface area contributed by atoms with Crippen LogP contribution in [0.15, 0.2) is 64.9 Å². The van der Waals surface area contributed by atoms with Crippen LogP contribution in [-0.2, 0) is 11.3 Å². The molecule has 0 unspecified atom stereocenters. The second-order valence-corrected chi connectivity index (χ2v) is 7.19. The van der Waals surface area contributed by atoms with E-state index >= 15 is 0 Å². The highest BCUT2D eigenvalue weighted by Gasteiger charge is 2.14. The standard InChI is InChI=1S/C20H20N6O3S/c1-3-25-19(15-8-5-4-6-9-15)23-24-20(25)30-13-18(27)22-21-14(2)16-10-7-11-17(12-16)26(28)29/h4-12H,3,13H2,1-2H3,(H,22,27)/b21-14-. The molecule has 0 saturated carbocycles. The maximum atomic E-state index is 12.2. The van der Waals surface area contributed by atoms with Crippen molar-refractivity contribution in [1.82, 2.24) is 20.2 Å². The minimum absolute atomic E-state index is 0.0305. The lowest BCUT2D eigenvalue weighted by Gasteiger charge is -2.07. The summed E-state index contributed by atoms with van der Waals surface area (Å²) >= 11 is 1.27. The van der Waals surface area contributed by atoms with Gasteiger partial charge in [-0.1, -0.05) is 54.2 Å². The first kappa shape index (κ1) is 21.2. The molecule has 1 aromatic heterocycles. The van der Waals surface area contributed by atoms with Gasteiger partial charge in [0.1, 0.15) is 0 Å². The summed E-state index contributed by atoms with van der Waals surface area (Å²) in [6, 6.07) is 15.8. The van der Waals surface area contributed by atoms with E-state index in [4.69, 9.17) is 0 Å². The lowest BCUT2D eigenvalue weighted by Crippen LogP contribution is -2.21. The number of hydrogen-bond donors (Lipinski definition) is 1. The van der Waals surface area contributed by atoms with Crippen molar-refractivity contribution in [3.05, 3.63) is 70.3 Å². The number of nitrogens with zero attached hydrogens (tertiary/aromatic N) is 5. The van der Waals surface area contributed by atoms with Crippen molar-refractivity contribution in [3.63, 3.8) is 0 Å². The quantitative estimate of drug-likeness (QED) is 0.256. The Labute approximate surface area is 177 Å². The number of nitro groups is 1. The third-order valence-electron chi connectivity index (χ3n) is 4.22. The first-order valence-corrected chi connectivity index (χ1v) is 10.2. The monoisotopic (exact) mass is 424 g/mol. The first-order chi connectivity index (χ1) is 14.5. The Kier molecular flexibility index (Phi) is 6.91. The van der Waals surface area contributed by atoms with Gasteiger partial charge in [0.25, 0.3) is 11.6 Å². The van der Waals surface area contributed by atoms with Gasteiger partial charge in [0.05, 0.1) is 16.4 Å². The Morgan fingerprint density at radius 3 is 2.67 bits per heavy atom. The van der Waals surface area contributed by atoms with Crippen molar-refractivity contribution in [2.75, 3.05) is 5.75 Å². The third kappa shape index (κ3) is 5.09. The smallest absolute Gasteiger partial charge is 0.270 e. The molecule has 3 rings (SSSR count). The molecule has 0 bridgehead atoms. The SMILES string of the molecule is CCn1c(SCC(=O)N/N=C(/C)c2cccc([N+](=O)[O-])c2)nnc1-c1ccccc1. The van der Waals surface area contributed by atoms with Crippen LogP contribution in [0.1, 0.15) is 19.4 Å². The third-order valence-corrected chi connectivity index (χ3v) is 5.19. The van der Waals surface area contributed by atoms with Gasteiger partial charge in [-0.2, -0.15) is 5.10 Å². The van der Waals surface area contributed by atoms with Crippen LogP contribution >= 0.6 is 11.8 Å². The number of hydrazone groups is 1. The van der Waals surface area contributed by atoms with E-state index in [1.165, 1.54) is 23.9 Å². The topological polar surface area (TPSA) is 115 Å². The molecule has 0 atom stereocenters. The van der Waals surface area contributed by atoms with Crippen LogP contribution < -0.4 is 5.43 Å². The number of carbonyl (C=O) groups is 1. The minimum atomic E-state index is -0.473. The van der Waals surface area contributed by atoms with Gasteiger partial charge >= 0.3 is 0 Å². The summed E-state index contributed by atoms with van der Waals surface area (Å²) < 4.78 is 1.95. The summed E-state index contributed by atoms with van der Waals surface area (Å²) in [5, 5.41) is 24.0. The second-order valence-electron chi connectivity index (χ2n) is 6.24. The van der Waals surface area contributed by atoms with E-state index < -0.39 is 4.92 Å². The van der Waals surface area contributed by atoms with Crippen LogP contribution in [0.5, 0.6) is 0 Å². The predicted molar refractivity (Wildman–Crippen MR) is 115 cm³/mol. The number of rotatable bonds is 8. The van der Waals surface area contributed by atoms with Gasteiger partial charge in [0, 0.05) is 29.8 Å². The number of carbonyl (C=O) groups excluding carboxylic acids is 1. The van der Waals surface area contributed by atoms with Crippen molar-refractivity contribution in [2.45, 2.75) is 25.5 Å². The van der Waals surface area contributed by atoms with E-state index in [2.05, 4.69) is 20.7 Å². The minimum Gasteiger partial charge on any atom is -0.302 e. The van der Waals surface area contributed by atoms with E-state index in [-0.39, 0.29) is 17.3 Å². The Morgan fingerprint density at radius 1 is 1.20 bits per heavy atom. The van der Waals surface area contributed by atoms with Gasteiger partial charge < -0.3 is 4.57 Å². The van der Waals surface area contributed by atoms with Gasteiger partial charge in [0.2, 0.25) is 0 Å². The molecule has 0 aliphatic rings. The molecule has 30 heavy (non-hydrogen) atoms. The van der Waals surface area contributed by atoms with Gasteiger partial charge in [-0.25, -0.2) is 5.43 Å². The molecule has 0 spiro atoms. The van der Waals surface area contributed by atoms with Crippen LogP contribution in [0.3, 0.4) is 0 Å². The van der Waals surface area contributed by atoms with E-state index in [0.717, 1.165) is 11.4 Å². The number of aromatic nitrogens is 3. The molecule has 0 aliphatic heterocycles. The summed E-state index contributed by atoms with van der Waals surface area (Å²) in [6.45, 7) is 4.34. The number of non-ortho nitro benzene ring substituents is 1. The van der Waals surface area contributed by atoms with Crippen LogP contribution in [0.25, 0.3) is 11.4 Å². The lowest BCUT2D eigenvalue weighted by molar-refractivity contribution is -0.384. The molecule has 0 aliphatic carbocycles. The number of benzene rings is 2. The maximum absolute atomic E-state index is 12.2. The second kappa shape index (κ2) is 9.79. The van der Waals surface area contributed by atoms with Gasteiger partial charge in [0.15, 0.2) is 11.0 Å². The number of hydrogen-bond acceptors (Lipinski definition) is 7. The largest absolute Gasteiger partial charge is 0.302 e. The highest BCUT2D eigenvalue weighted by Crippen LogP contribution is 2.23. The predicted octanol–water partition coefficient (Wildman–Crippen LogP) is 3.51. The summed E-state index contributed by atoms with van der Waals surface area (Å²) in [6.07, 6.45) is 0. The Bertz CT molecular complexity index is 1080. The van der Waals surface area contributed by atoms with E-state index in [1.807, 2.05) is 41.8 Å². The molecule has 0 fully saturated rings. The Morgan fingerprint density at radius 2 is 1.97 bits per heavy atom. The van der Waals surface area contributed by atoms with Crippen molar-refractivity contribution in [1.29, 1.82) is 0 Å². The molecule has 154 valence electrons. The normalized spacial score (nSPS) is 11.3. The molecule has 0 radical (unpaired) electrons. The molecule has 2 aromatic carbocycles. The van der Waals surface area contributed by atoms with Crippen molar-refractivity contribution >= 4 is 29.1 Å². The van der Waals surface area contributed by atoms with E-state index in [0.29, 0.717) is 23.0 Å². The molecule has 0 saturated heterocycles. The van der Waals surface area contributed by atoms with E-state index in [1.54, 1.807) is 19.1 Å². The number of thioether (sulfide) groups is 1. The number of nitro benzene ring substituents is 1. The van der Waals surface area contributed by atoms with Gasteiger partial charge in [-0.15, -0.1) is 10.2 Å². The molecular weight excluding hydrogens is 404 g/mol. The van der Waals surface area contributed by atoms with Crippen molar-refractivity contribution < 1.29 is 9.72 Å². The highest BCUT2D eigenvalue weighted by atomic mass is 32.2. The van der Waals surface area contributed by atoms with Gasteiger partial charge in [-0.3, -0.25) is 14.9 Å². The van der Waals surface area contributed by atoms with Crippen LogP contribution in [0.4, 0.5) is 5.69 Å². The summed E-state index contributed by atoms with van der Waals surface area (Å²) in [5.41, 5.74) is 4.44. The molecule has 1 heterocycles. The molecule has 3 aromatic rings. The Hall–Kier alpha value is -3.53. The highest BCUT2D eigenvalue weighted by molar-refractivity contribution is 7.99. The molecular formula is C20H20N6O3S. The zero-order valence-corrected chi connectivity index (χ0v) is 17.3. The molecule has 1 amide bonds. The van der Waals surface area contributed by atoms with Crippen LogP contribution in [0.2, 0.25) is 0 Å². The molecule has 9 nitrogen and oxygen atoms in total. The summed E-state index contributed by atoms with van der Waals surface area (Å²) in [7, 11) is 0. The fourth-order valence-electron chi connectivity index (χ4n) is 2.70. The lowest BCUT2D eigenvalue weighted by atomic mass is 10.1. The van der Waals surface area contributed by atoms with Crippen molar-refractivity contribution in [2.24, 2.45) is 5.10 Å². The van der Waals surface area contributed by atoms with Crippen LogP contribution in [-0.4, -0.2) is 37.1 Å². The summed E-state index contributed by atoms with van der Waals surface area (Å²) in [5.74, 6) is 0.552. The van der Waals surface area contributed by atoms with E-state index in [9.17, 15) is 14.9 Å².